The predicted octanol–water partition coefficient (Wildman–Crippen LogP) is 1.09. The smallest absolute Gasteiger partial charge is 0.277 e. The standard InChI is InChI=1S/C18H18N4O3/c1-12-15(19-11-21(12)9-14-6-4-3-5-7-14)8-16-18(25)22(13(2)23)10-17(24)20-16/h3-8,11H,9-10H2,1-2H3,(H,20,24)/b16-8-. The first-order valence-electron chi connectivity index (χ1n) is 7.85. The van der Waals surface area contributed by atoms with Gasteiger partial charge in [-0.1, -0.05) is 30.3 Å². The highest BCUT2D eigenvalue weighted by Crippen LogP contribution is 2.15. The number of carbonyl (C=O) groups excluding carboxylic acids is 3. The van der Waals surface area contributed by atoms with Gasteiger partial charge in [-0.3, -0.25) is 19.3 Å². The summed E-state index contributed by atoms with van der Waals surface area (Å²) in [4.78, 5) is 40.8. The summed E-state index contributed by atoms with van der Waals surface area (Å²) >= 11 is 0. The summed E-state index contributed by atoms with van der Waals surface area (Å²) in [5.74, 6) is -1.39. The highest BCUT2D eigenvalue weighted by molar-refractivity contribution is 6.12. The Kier molecular flexibility index (Phi) is 4.47. The van der Waals surface area contributed by atoms with E-state index < -0.39 is 17.7 Å². The number of rotatable bonds is 3. The number of nitrogens with one attached hydrogen (secondary N) is 1. The third-order valence-corrected chi connectivity index (χ3v) is 4.05. The van der Waals surface area contributed by atoms with Gasteiger partial charge in [0.25, 0.3) is 5.91 Å². The number of aromatic nitrogens is 2. The summed E-state index contributed by atoms with van der Waals surface area (Å²) < 4.78 is 1.96. The number of piperazine rings is 1. The Hall–Kier alpha value is -3.22. The minimum absolute atomic E-state index is 0.0551. The lowest BCUT2D eigenvalue weighted by Gasteiger charge is -2.25. The molecule has 7 nitrogen and oxygen atoms in total. The Balaban J connectivity index is 1.87. The molecule has 1 aromatic heterocycles. The van der Waals surface area contributed by atoms with Gasteiger partial charge in [0, 0.05) is 19.2 Å². The van der Waals surface area contributed by atoms with E-state index in [0.717, 1.165) is 16.2 Å². The summed E-state index contributed by atoms with van der Waals surface area (Å²) in [6.45, 7) is 3.55. The summed E-state index contributed by atoms with van der Waals surface area (Å²) in [6.07, 6.45) is 3.19. The SMILES string of the molecule is CC(=O)N1CC(=O)N/C(=C\c2ncn(Cc3ccccc3)c2C)C1=O. The molecule has 0 saturated carbocycles. The van der Waals surface area contributed by atoms with Crippen LogP contribution in [0, 0.1) is 6.92 Å². The second-order valence-corrected chi connectivity index (χ2v) is 5.85. The molecule has 2 heterocycles. The number of benzene rings is 1. The number of imidazole rings is 1. The zero-order valence-corrected chi connectivity index (χ0v) is 14.0. The lowest BCUT2D eigenvalue weighted by atomic mass is 10.2. The summed E-state index contributed by atoms with van der Waals surface area (Å²) in [6, 6.07) is 9.94. The number of imide groups is 1. The van der Waals surface area contributed by atoms with Crippen molar-refractivity contribution in [2.24, 2.45) is 0 Å². The first-order valence-corrected chi connectivity index (χ1v) is 7.85. The topological polar surface area (TPSA) is 84.3 Å². The molecule has 7 heteroatoms. The van der Waals surface area contributed by atoms with Gasteiger partial charge < -0.3 is 9.88 Å². The summed E-state index contributed by atoms with van der Waals surface area (Å²) in [7, 11) is 0. The van der Waals surface area contributed by atoms with Crippen molar-refractivity contribution in [3.8, 4) is 0 Å². The lowest BCUT2D eigenvalue weighted by Crippen LogP contribution is -2.51. The Bertz CT molecular complexity index is 868. The molecule has 1 fully saturated rings. The molecule has 3 rings (SSSR count). The molecule has 3 amide bonds. The summed E-state index contributed by atoms with van der Waals surface area (Å²) in [5, 5.41) is 2.52. The van der Waals surface area contributed by atoms with Crippen LogP contribution in [0.1, 0.15) is 23.9 Å². The normalized spacial score (nSPS) is 16.2. The number of amides is 3. The molecule has 0 bridgehead atoms. The Morgan fingerprint density at radius 3 is 2.68 bits per heavy atom. The maximum atomic E-state index is 12.3. The van der Waals surface area contributed by atoms with E-state index in [0.29, 0.717) is 12.2 Å². The van der Waals surface area contributed by atoms with Crippen molar-refractivity contribution in [2.45, 2.75) is 20.4 Å². The van der Waals surface area contributed by atoms with Crippen LogP contribution in [0.25, 0.3) is 6.08 Å². The second-order valence-electron chi connectivity index (χ2n) is 5.85. The minimum Gasteiger partial charge on any atom is -0.330 e. The lowest BCUT2D eigenvalue weighted by molar-refractivity contribution is -0.147. The molecule has 0 unspecified atom stereocenters. The van der Waals surface area contributed by atoms with E-state index in [-0.39, 0.29) is 12.2 Å². The van der Waals surface area contributed by atoms with Crippen molar-refractivity contribution in [2.75, 3.05) is 6.54 Å². The van der Waals surface area contributed by atoms with Gasteiger partial charge >= 0.3 is 0 Å². The van der Waals surface area contributed by atoms with E-state index in [1.807, 2.05) is 41.8 Å². The quantitative estimate of drug-likeness (QED) is 0.849. The largest absolute Gasteiger partial charge is 0.330 e. The maximum absolute atomic E-state index is 12.3. The predicted molar refractivity (Wildman–Crippen MR) is 91.0 cm³/mol. The van der Waals surface area contributed by atoms with Crippen molar-refractivity contribution in [1.82, 2.24) is 19.8 Å². The Morgan fingerprint density at radius 1 is 1.28 bits per heavy atom. The molecule has 1 aromatic carbocycles. The average Bonchev–Trinajstić information content (AvgIpc) is 2.92. The first kappa shape index (κ1) is 16.6. The third-order valence-electron chi connectivity index (χ3n) is 4.05. The van der Waals surface area contributed by atoms with Crippen LogP contribution in [0.2, 0.25) is 0 Å². The van der Waals surface area contributed by atoms with Crippen LogP contribution in [-0.2, 0) is 20.9 Å². The van der Waals surface area contributed by atoms with Crippen LogP contribution in [-0.4, -0.2) is 38.7 Å². The van der Waals surface area contributed by atoms with Gasteiger partial charge in [-0.05, 0) is 18.6 Å². The molecule has 1 aliphatic heterocycles. The van der Waals surface area contributed by atoms with E-state index in [4.69, 9.17) is 0 Å². The Morgan fingerprint density at radius 2 is 2.00 bits per heavy atom. The molecule has 0 atom stereocenters. The van der Waals surface area contributed by atoms with Gasteiger partial charge in [0.05, 0.1) is 12.0 Å². The molecule has 1 N–H and O–H groups in total. The van der Waals surface area contributed by atoms with Gasteiger partial charge in [0.15, 0.2) is 0 Å². The fourth-order valence-electron chi connectivity index (χ4n) is 2.63. The minimum atomic E-state index is -0.524. The number of carbonyl (C=O) groups is 3. The first-order chi connectivity index (χ1) is 12.0. The van der Waals surface area contributed by atoms with Crippen LogP contribution in [0.5, 0.6) is 0 Å². The fraction of sp³-hybridized carbons (Fsp3) is 0.222. The van der Waals surface area contributed by atoms with Gasteiger partial charge in [0.1, 0.15) is 12.2 Å². The van der Waals surface area contributed by atoms with Crippen molar-refractivity contribution in [3.05, 3.63) is 59.3 Å². The maximum Gasteiger partial charge on any atom is 0.277 e. The van der Waals surface area contributed by atoms with Crippen LogP contribution in [0.3, 0.4) is 0 Å². The van der Waals surface area contributed by atoms with Crippen LogP contribution < -0.4 is 5.32 Å². The van der Waals surface area contributed by atoms with Gasteiger partial charge in [-0.25, -0.2) is 4.98 Å². The monoisotopic (exact) mass is 338 g/mol. The van der Waals surface area contributed by atoms with Crippen molar-refractivity contribution >= 4 is 23.8 Å². The van der Waals surface area contributed by atoms with Crippen molar-refractivity contribution in [1.29, 1.82) is 0 Å². The molecule has 1 saturated heterocycles. The molecule has 0 radical (unpaired) electrons. The van der Waals surface area contributed by atoms with Gasteiger partial charge in [-0.2, -0.15) is 0 Å². The van der Waals surface area contributed by atoms with Crippen molar-refractivity contribution < 1.29 is 14.4 Å². The van der Waals surface area contributed by atoms with Gasteiger partial charge in [0.2, 0.25) is 11.8 Å². The third kappa shape index (κ3) is 3.50. The second kappa shape index (κ2) is 6.72. The average molecular weight is 338 g/mol. The van der Waals surface area contributed by atoms with E-state index in [1.165, 1.54) is 13.0 Å². The zero-order chi connectivity index (χ0) is 18.0. The molecular formula is C18H18N4O3. The fourth-order valence-corrected chi connectivity index (χ4v) is 2.63. The summed E-state index contributed by atoms with van der Waals surface area (Å²) in [5.41, 5.74) is 2.62. The van der Waals surface area contributed by atoms with Gasteiger partial charge in [-0.15, -0.1) is 0 Å². The molecule has 128 valence electrons. The zero-order valence-electron chi connectivity index (χ0n) is 14.0. The van der Waals surface area contributed by atoms with E-state index in [9.17, 15) is 14.4 Å². The van der Waals surface area contributed by atoms with E-state index in [2.05, 4.69) is 10.3 Å². The van der Waals surface area contributed by atoms with E-state index in [1.54, 1.807) is 6.33 Å². The Labute approximate surface area is 145 Å². The molecule has 0 aliphatic carbocycles. The van der Waals surface area contributed by atoms with E-state index >= 15 is 0 Å². The number of hydrogen-bond acceptors (Lipinski definition) is 4. The highest BCUT2D eigenvalue weighted by Gasteiger charge is 2.30. The number of hydrogen-bond donors (Lipinski definition) is 1. The molecule has 1 aliphatic rings. The van der Waals surface area contributed by atoms with Crippen LogP contribution >= 0.6 is 0 Å². The molecule has 25 heavy (non-hydrogen) atoms. The van der Waals surface area contributed by atoms with Crippen LogP contribution in [0.15, 0.2) is 42.4 Å². The highest BCUT2D eigenvalue weighted by atomic mass is 16.2. The van der Waals surface area contributed by atoms with Crippen molar-refractivity contribution in [3.63, 3.8) is 0 Å². The molecule has 2 aromatic rings. The van der Waals surface area contributed by atoms with Crippen LogP contribution in [0.4, 0.5) is 0 Å². The number of nitrogens with zero attached hydrogens (tertiary/aromatic N) is 3. The molecular weight excluding hydrogens is 320 g/mol. The molecule has 0 spiro atoms.